The van der Waals surface area contributed by atoms with Gasteiger partial charge in [-0.1, -0.05) is 13.3 Å². The third kappa shape index (κ3) is 2.03. The number of nitrogens with zero attached hydrogens (tertiary/aromatic N) is 1. The van der Waals surface area contributed by atoms with Crippen molar-refractivity contribution in [2.24, 2.45) is 11.7 Å². The van der Waals surface area contributed by atoms with Gasteiger partial charge in [0.1, 0.15) is 0 Å². The lowest BCUT2D eigenvalue weighted by Crippen LogP contribution is -2.52. The summed E-state index contributed by atoms with van der Waals surface area (Å²) in [6.45, 7) is 2.92. The first-order valence-corrected chi connectivity index (χ1v) is 6.30. The van der Waals surface area contributed by atoms with Crippen molar-refractivity contribution < 1.29 is 4.79 Å². The summed E-state index contributed by atoms with van der Waals surface area (Å²) in [5.41, 5.74) is 5.84. The number of amides is 1. The summed E-state index contributed by atoms with van der Waals surface area (Å²) in [5, 5.41) is 0. The monoisotopic (exact) mass is 210 g/mol. The molecule has 1 amide bonds. The van der Waals surface area contributed by atoms with Gasteiger partial charge in [0.15, 0.2) is 0 Å². The number of carbonyl (C=O) groups is 1. The Kier molecular flexibility index (Phi) is 3.29. The average molecular weight is 210 g/mol. The number of hydrogen-bond donors (Lipinski definition) is 1. The van der Waals surface area contributed by atoms with Gasteiger partial charge in [0, 0.05) is 12.6 Å². The SMILES string of the molecule is CC[C@@H](N)C(=O)N1CCCC2CCCC21. The summed E-state index contributed by atoms with van der Waals surface area (Å²) in [4.78, 5) is 14.2. The number of carbonyl (C=O) groups excluding carboxylic acids is 1. The summed E-state index contributed by atoms with van der Waals surface area (Å²) in [6, 6.07) is 0.244. The Labute approximate surface area is 92.0 Å². The predicted octanol–water partition coefficient (Wildman–Crippen LogP) is 1.51. The topological polar surface area (TPSA) is 46.3 Å². The van der Waals surface area contributed by atoms with Crippen LogP contribution in [0.2, 0.25) is 0 Å². The fourth-order valence-electron chi connectivity index (χ4n) is 3.12. The van der Waals surface area contributed by atoms with Crippen LogP contribution in [0.25, 0.3) is 0 Å². The third-order valence-corrected chi connectivity index (χ3v) is 4.03. The maximum absolute atomic E-state index is 12.1. The number of fused-ring (bicyclic) bond motifs is 1. The van der Waals surface area contributed by atoms with Gasteiger partial charge in [-0.2, -0.15) is 0 Å². The molecule has 1 aliphatic carbocycles. The molecule has 86 valence electrons. The highest BCUT2D eigenvalue weighted by Gasteiger charge is 2.38. The Bertz CT molecular complexity index is 242. The first-order chi connectivity index (χ1) is 7.24. The zero-order chi connectivity index (χ0) is 10.8. The number of hydrogen-bond acceptors (Lipinski definition) is 2. The van der Waals surface area contributed by atoms with E-state index in [9.17, 15) is 4.79 Å². The van der Waals surface area contributed by atoms with Crippen LogP contribution >= 0.6 is 0 Å². The maximum Gasteiger partial charge on any atom is 0.239 e. The van der Waals surface area contributed by atoms with E-state index in [1.165, 1.54) is 32.1 Å². The molecule has 1 aliphatic heterocycles. The van der Waals surface area contributed by atoms with Crippen molar-refractivity contribution in [3.05, 3.63) is 0 Å². The van der Waals surface area contributed by atoms with Crippen LogP contribution in [0.1, 0.15) is 45.4 Å². The molecule has 2 N–H and O–H groups in total. The Hall–Kier alpha value is -0.570. The highest BCUT2D eigenvalue weighted by molar-refractivity contribution is 5.82. The Morgan fingerprint density at radius 1 is 1.40 bits per heavy atom. The molecule has 1 heterocycles. The van der Waals surface area contributed by atoms with Crippen molar-refractivity contribution in [2.45, 2.75) is 57.5 Å². The van der Waals surface area contributed by atoms with Gasteiger partial charge in [-0.3, -0.25) is 4.79 Å². The summed E-state index contributed by atoms with van der Waals surface area (Å²) in [7, 11) is 0. The molecule has 2 unspecified atom stereocenters. The van der Waals surface area contributed by atoms with Crippen LogP contribution in [0, 0.1) is 5.92 Å². The maximum atomic E-state index is 12.1. The van der Waals surface area contributed by atoms with E-state index in [1.54, 1.807) is 0 Å². The average Bonchev–Trinajstić information content (AvgIpc) is 2.74. The zero-order valence-electron chi connectivity index (χ0n) is 9.61. The van der Waals surface area contributed by atoms with Gasteiger partial charge in [0.25, 0.3) is 0 Å². The second-order valence-corrected chi connectivity index (χ2v) is 4.95. The van der Waals surface area contributed by atoms with Crippen molar-refractivity contribution in [1.29, 1.82) is 0 Å². The quantitative estimate of drug-likeness (QED) is 0.751. The molecule has 3 nitrogen and oxygen atoms in total. The molecule has 1 saturated carbocycles. The van der Waals surface area contributed by atoms with Crippen LogP contribution in [0.5, 0.6) is 0 Å². The van der Waals surface area contributed by atoms with E-state index in [1.807, 2.05) is 6.92 Å². The molecule has 0 spiro atoms. The fraction of sp³-hybridized carbons (Fsp3) is 0.917. The predicted molar refractivity (Wildman–Crippen MR) is 60.3 cm³/mol. The van der Waals surface area contributed by atoms with Crippen molar-refractivity contribution in [2.75, 3.05) is 6.54 Å². The molecule has 0 aromatic rings. The lowest BCUT2D eigenvalue weighted by Gasteiger charge is -2.39. The lowest BCUT2D eigenvalue weighted by molar-refractivity contribution is -0.137. The second-order valence-electron chi connectivity index (χ2n) is 4.95. The molecule has 2 fully saturated rings. The summed E-state index contributed by atoms with van der Waals surface area (Å²) in [6.07, 6.45) is 7.05. The second kappa shape index (κ2) is 4.52. The molecular weight excluding hydrogens is 188 g/mol. The van der Waals surface area contributed by atoms with E-state index in [0.717, 1.165) is 18.9 Å². The van der Waals surface area contributed by atoms with Crippen molar-refractivity contribution in [3.63, 3.8) is 0 Å². The van der Waals surface area contributed by atoms with Crippen LogP contribution in [0.3, 0.4) is 0 Å². The molecule has 3 atom stereocenters. The molecule has 2 rings (SSSR count). The van der Waals surface area contributed by atoms with Gasteiger partial charge in [-0.25, -0.2) is 0 Å². The van der Waals surface area contributed by atoms with E-state index in [4.69, 9.17) is 5.73 Å². The number of likely N-dealkylation sites (tertiary alicyclic amines) is 1. The van der Waals surface area contributed by atoms with Crippen LogP contribution in [-0.2, 0) is 4.79 Å². The first-order valence-electron chi connectivity index (χ1n) is 6.30. The minimum atomic E-state index is -0.274. The Balaban J connectivity index is 2.04. The molecule has 15 heavy (non-hydrogen) atoms. The van der Waals surface area contributed by atoms with Crippen LogP contribution in [0.4, 0.5) is 0 Å². The lowest BCUT2D eigenvalue weighted by atomic mass is 9.91. The molecular formula is C12H22N2O. The molecule has 3 heteroatoms. The van der Waals surface area contributed by atoms with E-state index in [2.05, 4.69) is 4.90 Å². The van der Waals surface area contributed by atoms with E-state index in [-0.39, 0.29) is 11.9 Å². The highest BCUT2D eigenvalue weighted by Crippen LogP contribution is 2.36. The van der Waals surface area contributed by atoms with Gasteiger partial charge < -0.3 is 10.6 Å². The van der Waals surface area contributed by atoms with E-state index >= 15 is 0 Å². The fourth-order valence-corrected chi connectivity index (χ4v) is 3.12. The van der Waals surface area contributed by atoms with Crippen LogP contribution in [0.15, 0.2) is 0 Å². The van der Waals surface area contributed by atoms with E-state index in [0.29, 0.717) is 6.04 Å². The Morgan fingerprint density at radius 2 is 2.13 bits per heavy atom. The van der Waals surface area contributed by atoms with Crippen LogP contribution < -0.4 is 5.73 Å². The standard InChI is InChI=1S/C12H22N2O/c1-2-10(13)12(15)14-8-4-6-9-5-3-7-11(9)14/h9-11H,2-8,13H2,1H3/t9?,10-,11?/m1/s1. The summed E-state index contributed by atoms with van der Waals surface area (Å²) in [5.74, 6) is 0.959. The summed E-state index contributed by atoms with van der Waals surface area (Å²) < 4.78 is 0. The minimum absolute atomic E-state index is 0.189. The van der Waals surface area contributed by atoms with E-state index < -0.39 is 0 Å². The number of nitrogens with two attached hydrogens (primary N) is 1. The molecule has 0 radical (unpaired) electrons. The van der Waals surface area contributed by atoms with Gasteiger partial charge in [-0.15, -0.1) is 0 Å². The highest BCUT2D eigenvalue weighted by atomic mass is 16.2. The Morgan fingerprint density at radius 3 is 2.87 bits per heavy atom. The van der Waals surface area contributed by atoms with Crippen molar-refractivity contribution in [1.82, 2.24) is 4.90 Å². The summed E-state index contributed by atoms with van der Waals surface area (Å²) >= 11 is 0. The third-order valence-electron chi connectivity index (χ3n) is 4.03. The molecule has 0 aromatic heterocycles. The largest absolute Gasteiger partial charge is 0.338 e. The van der Waals surface area contributed by atoms with Crippen LogP contribution in [-0.4, -0.2) is 29.4 Å². The van der Waals surface area contributed by atoms with Crippen molar-refractivity contribution >= 4 is 5.91 Å². The smallest absolute Gasteiger partial charge is 0.239 e. The minimum Gasteiger partial charge on any atom is -0.338 e. The van der Waals surface area contributed by atoms with Gasteiger partial charge in [0.2, 0.25) is 5.91 Å². The molecule has 2 aliphatic rings. The first kappa shape index (κ1) is 10.9. The zero-order valence-corrected chi connectivity index (χ0v) is 9.61. The number of piperidine rings is 1. The number of rotatable bonds is 2. The normalized spacial score (nSPS) is 32.5. The van der Waals surface area contributed by atoms with Gasteiger partial charge in [0.05, 0.1) is 6.04 Å². The molecule has 0 aromatic carbocycles. The van der Waals surface area contributed by atoms with Gasteiger partial charge in [-0.05, 0) is 38.0 Å². The molecule has 0 bridgehead atoms. The molecule has 1 saturated heterocycles. The van der Waals surface area contributed by atoms with Gasteiger partial charge >= 0.3 is 0 Å². The van der Waals surface area contributed by atoms with Crippen molar-refractivity contribution in [3.8, 4) is 0 Å².